The molecule has 1 aliphatic heterocycles. The lowest BCUT2D eigenvalue weighted by Gasteiger charge is -2.38. The summed E-state index contributed by atoms with van der Waals surface area (Å²) in [5.74, 6) is 0. The average Bonchev–Trinajstić information content (AvgIpc) is 2.76. The molecule has 0 saturated carbocycles. The molecule has 0 aliphatic carbocycles. The summed E-state index contributed by atoms with van der Waals surface area (Å²) in [7, 11) is 0. The van der Waals surface area contributed by atoms with Crippen LogP contribution in [0.25, 0.3) is 0 Å². The lowest BCUT2D eigenvalue weighted by molar-refractivity contribution is 0.113. The second-order valence-corrected chi connectivity index (χ2v) is 6.87. The molecule has 0 aromatic heterocycles. The molecule has 0 radical (unpaired) electrons. The first-order valence-corrected chi connectivity index (χ1v) is 9.58. The summed E-state index contributed by atoms with van der Waals surface area (Å²) in [5, 5.41) is 6.85. The second kappa shape index (κ2) is 8.65. The first kappa shape index (κ1) is 17.5. The molecule has 0 atom stereocenters. The van der Waals surface area contributed by atoms with Gasteiger partial charge in [-0.1, -0.05) is 91.0 Å². The summed E-state index contributed by atoms with van der Waals surface area (Å²) in [6, 6.07) is 32.2. The van der Waals surface area contributed by atoms with E-state index < -0.39 is 0 Å². The van der Waals surface area contributed by atoms with E-state index in [0.29, 0.717) is 6.04 Å². The first-order chi connectivity index (χ1) is 13.4. The SMILES string of the molecule is C(=N\N1CCN(C(c2ccccc2)c2ccccc2)CC1)/c1ccccc1. The van der Waals surface area contributed by atoms with Gasteiger partial charge in [-0.25, -0.2) is 0 Å². The Morgan fingerprint density at radius 3 is 1.63 bits per heavy atom. The molecule has 1 aliphatic rings. The molecule has 1 heterocycles. The van der Waals surface area contributed by atoms with Crippen LogP contribution in [-0.2, 0) is 0 Å². The molecule has 3 heteroatoms. The highest BCUT2D eigenvalue weighted by Crippen LogP contribution is 2.29. The van der Waals surface area contributed by atoms with Crippen LogP contribution in [-0.4, -0.2) is 42.3 Å². The minimum absolute atomic E-state index is 0.299. The van der Waals surface area contributed by atoms with Crippen LogP contribution in [0.1, 0.15) is 22.7 Å². The van der Waals surface area contributed by atoms with Crippen molar-refractivity contribution in [2.75, 3.05) is 26.2 Å². The zero-order valence-electron chi connectivity index (χ0n) is 15.5. The maximum Gasteiger partial charge on any atom is 0.0603 e. The van der Waals surface area contributed by atoms with Crippen molar-refractivity contribution in [2.24, 2.45) is 5.10 Å². The molecule has 0 unspecified atom stereocenters. The Morgan fingerprint density at radius 1 is 0.630 bits per heavy atom. The van der Waals surface area contributed by atoms with Crippen LogP contribution in [0.5, 0.6) is 0 Å². The van der Waals surface area contributed by atoms with Gasteiger partial charge in [0, 0.05) is 26.2 Å². The quantitative estimate of drug-likeness (QED) is 0.631. The molecule has 4 rings (SSSR count). The fourth-order valence-electron chi connectivity index (χ4n) is 3.66. The van der Waals surface area contributed by atoms with Crippen molar-refractivity contribution in [3.05, 3.63) is 108 Å². The Balaban J connectivity index is 1.47. The third kappa shape index (κ3) is 4.44. The molecular formula is C24H25N3. The molecule has 0 amide bonds. The molecule has 0 bridgehead atoms. The number of hydrogen-bond donors (Lipinski definition) is 0. The van der Waals surface area contributed by atoms with Crippen LogP contribution in [0.2, 0.25) is 0 Å². The van der Waals surface area contributed by atoms with Gasteiger partial charge in [0.1, 0.15) is 0 Å². The van der Waals surface area contributed by atoms with Crippen LogP contribution >= 0.6 is 0 Å². The standard InChI is InChI=1S/C24H25N3/c1-4-10-21(11-5-1)20-25-27-18-16-26(17-19-27)24(22-12-6-2-7-13-22)23-14-8-3-9-15-23/h1-15,20,24H,16-19H2/b25-20+. The van der Waals surface area contributed by atoms with Crippen molar-refractivity contribution >= 4 is 6.21 Å². The Labute approximate surface area is 161 Å². The highest BCUT2D eigenvalue weighted by Gasteiger charge is 2.25. The summed E-state index contributed by atoms with van der Waals surface area (Å²) >= 11 is 0. The number of hydrogen-bond acceptors (Lipinski definition) is 3. The smallest absolute Gasteiger partial charge is 0.0603 e. The van der Waals surface area contributed by atoms with E-state index in [9.17, 15) is 0 Å². The van der Waals surface area contributed by atoms with E-state index in [2.05, 4.69) is 87.8 Å². The Hall–Kier alpha value is -2.91. The fraction of sp³-hybridized carbons (Fsp3) is 0.208. The number of piperazine rings is 1. The van der Waals surface area contributed by atoms with Crippen LogP contribution in [0.15, 0.2) is 96.1 Å². The van der Waals surface area contributed by atoms with Gasteiger partial charge < -0.3 is 0 Å². The number of benzene rings is 3. The van der Waals surface area contributed by atoms with E-state index in [1.54, 1.807) is 0 Å². The van der Waals surface area contributed by atoms with E-state index in [1.165, 1.54) is 11.1 Å². The largest absolute Gasteiger partial charge is 0.294 e. The van der Waals surface area contributed by atoms with Crippen LogP contribution in [0.3, 0.4) is 0 Å². The molecule has 3 nitrogen and oxygen atoms in total. The predicted octanol–water partition coefficient (Wildman–Crippen LogP) is 4.43. The molecule has 3 aromatic carbocycles. The van der Waals surface area contributed by atoms with E-state index in [0.717, 1.165) is 31.7 Å². The Morgan fingerprint density at radius 2 is 1.11 bits per heavy atom. The van der Waals surface area contributed by atoms with Crippen molar-refractivity contribution < 1.29 is 0 Å². The van der Waals surface area contributed by atoms with Gasteiger partial charge in [0.15, 0.2) is 0 Å². The van der Waals surface area contributed by atoms with Crippen molar-refractivity contribution in [1.29, 1.82) is 0 Å². The molecule has 136 valence electrons. The van der Waals surface area contributed by atoms with Crippen molar-refractivity contribution in [1.82, 2.24) is 9.91 Å². The van der Waals surface area contributed by atoms with Gasteiger partial charge in [-0.05, 0) is 16.7 Å². The average molecular weight is 355 g/mol. The maximum atomic E-state index is 4.67. The Kier molecular flexibility index (Phi) is 5.61. The zero-order chi connectivity index (χ0) is 18.3. The topological polar surface area (TPSA) is 18.8 Å². The van der Waals surface area contributed by atoms with Gasteiger partial charge in [-0.2, -0.15) is 5.10 Å². The minimum atomic E-state index is 0.299. The number of nitrogens with zero attached hydrogens (tertiary/aromatic N) is 3. The third-order valence-electron chi connectivity index (χ3n) is 5.06. The molecule has 3 aromatic rings. The van der Waals surface area contributed by atoms with Crippen molar-refractivity contribution in [3.63, 3.8) is 0 Å². The molecule has 0 N–H and O–H groups in total. The summed E-state index contributed by atoms with van der Waals surface area (Å²) in [4.78, 5) is 2.57. The van der Waals surface area contributed by atoms with Crippen molar-refractivity contribution in [2.45, 2.75) is 6.04 Å². The molecular weight excluding hydrogens is 330 g/mol. The first-order valence-electron chi connectivity index (χ1n) is 9.58. The summed E-state index contributed by atoms with van der Waals surface area (Å²) in [6.45, 7) is 3.89. The summed E-state index contributed by atoms with van der Waals surface area (Å²) in [6.07, 6.45) is 1.96. The van der Waals surface area contributed by atoms with Crippen LogP contribution in [0, 0.1) is 0 Å². The molecule has 1 fully saturated rings. The minimum Gasteiger partial charge on any atom is -0.294 e. The molecule has 1 saturated heterocycles. The zero-order valence-corrected chi connectivity index (χ0v) is 15.5. The van der Waals surface area contributed by atoms with Gasteiger partial charge in [-0.15, -0.1) is 0 Å². The third-order valence-corrected chi connectivity index (χ3v) is 5.06. The normalized spacial score (nSPS) is 15.5. The van der Waals surface area contributed by atoms with Gasteiger partial charge >= 0.3 is 0 Å². The van der Waals surface area contributed by atoms with Gasteiger partial charge in [-0.3, -0.25) is 9.91 Å². The predicted molar refractivity (Wildman–Crippen MR) is 112 cm³/mol. The van der Waals surface area contributed by atoms with Gasteiger partial charge in [0.25, 0.3) is 0 Å². The van der Waals surface area contributed by atoms with Gasteiger partial charge in [0.05, 0.1) is 12.3 Å². The highest BCUT2D eigenvalue weighted by atomic mass is 15.5. The molecule has 0 spiro atoms. The maximum absolute atomic E-state index is 4.67. The van der Waals surface area contributed by atoms with Crippen LogP contribution in [0.4, 0.5) is 0 Å². The van der Waals surface area contributed by atoms with Crippen LogP contribution < -0.4 is 0 Å². The lowest BCUT2D eigenvalue weighted by Crippen LogP contribution is -2.45. The molecule has 27 heavy (non-hydrogen) atoms. The summed E-state index contributed by atoms with van der Waals surface area (Å²) < 4.78 is 0. The second-order valence-electron chi connectivity index (χ2n) is 6.87. The number of hydrazone groups is 1. The van der Waals surface area contributed by atoms with Crippen molar-refractivity contribution in [3.8, 4) is 0 Å². The summed E-state index contributed by atoms with van der Waals surface area (Å²) in [5.41, 5.74) is 3.85. The monoisotopic (exact) mass is 355 g/mol. The van der Waals surface area contributed by atoms with E-state index in [-0.39, 0.29) is 0 Å². The lowest BCUT2D eigenvalue weighted by atomic mass is 9.96. The van der Waals surface area contributed by atoms with E-state index >= 15 is 0 Å². The van der Waals surface area contributed by atoms with Gasteiger partial charge in [0.2, 0.25) is 0 Å². The highest BCUT2D eigenvalue weighted by molar-refractivity contribution is 5.79. The van der Waals surface area contributed by atoms with E-state index in [1.807, 2.05) is 24.4 Å². The number of rotatable bonds is 5. The van der Waals surface area contributed by atoms with E-state index in [4.69, 9.17) is 0 Å². The Bertz CT molecular complexity index is 799. The fourth-order valence-corrected chi connectivity index (χ4v) is 3.66.